The zero-order valence-electron chi connectivity index (χ0n) is 12.4. The molecule has 0 aliphatic carbocycles. The number of likely N-dealkylation sites (tertiary alicyclic amines) is 1. The molecule has 3 amide bonds. The third kappa shape index (κ3) is 4.45. The van der Waals surface area contributed by atoms with Gasteiger partial charge in [-0.1, -0.05) is 13.8 Å². The Morgan fingerprint density at radius 1 is 1.35 bits per heavy atom. The number of halogens is 1. The Labute approximate surface area is 125 Å². The Balaban J connectivity index is 0.00000361. The zero-order chi connectivity index (χ0) is 14.7. The first-order chi connectivity index (χ1) is 8.73. The molecular weight excluding hydrogens is 282 g/mol. The lowest BCUT2D eigenvalue weighted by atomic mass is 10.0. The first-order valence-corrected chi connectivity index (χ1v) is 6.65. The second-order valence-corrected chi connectivity index (χ2v) is 5.70. The van der Waals surface area contributed by atoms with E-state index in [1.54, 1.807) is 13.8 Å². The smallest absolute Gasteiger partial charge is 0.252 e. The summed E-state index contributed by atoms with van der Waals surface area (Å²) >= 11 is 0. The monoisotopic (exact) mass is 305 g/mol. The van der Waals surface area contributed by atoms with Crippen LogP contribution in [0.1, 0.15) is 40.5 Å². The molecule has 0 aromatic heterocycles. The lowest BCUT2D eigenvalue weighted by Crippen LogP contribution is -2.49. The minimum Gasteiger partial charge on any atom is -0.342 e. The molecule has 1 aliphatic rings. The van der Waals surface area contributed by atoms with Gasteiger partial charge in [-0.05, 0) is 26.2 Å². The second kappa shape index (κ2) is 7.59. The predicted molar refractivity (Wildman–Crippen MR) is 78.2 cm³/mol. The minimum absolute atomic E-state index is 0. The topological polar surface area (TPSA) is 92.5 Å². The third-order valence-electron chi connectivity index (χ3n) is 3.08. The zero-order valence-corrected chi connectivity index (χ0v) is 13.2. The van der Waals surface area contributed by atoms with Gasteiger partial charge in [0.15, 0.2) is 0 Å². The summed E-state index contributed by atoms with van der Waals surface area (Å²) in [5.74, 6) is -0.660. The van der Waals surface area contributed by atoms with Crippen molar-refractivity contribution in [3.63, 3.8) is 0 Å². The molecule has 0 spiro atoms. The molecule has 6 nitrogen and oxygen atoms in total. The first-order valence-electron chi connectivity index (χ1n) is 6.65. The number of carbonyl (C=O) groups excluding carboxylic acids is 3. The quantitative estimate of drug-likeness (QED) is 0.721. The van der Waals surface area contributed by atoms with Crippen LogP contribution in [0.5, 0.6) is 0 Å². The summed E-state index contributed by atoms with van der Waals surface area (Å²) in [6.07, 6.45) is 0.575. The van der Waals surface area contributed by atoms with Crippen LogP contribution < -0.4 is 11.1 Å². The molecule has 1 saturated heterocycles. The number of hydrogen-bond acceptors (Lipinski definition) is 4. The van der Waals surface area contributed by atoms with Crippen LogP contribution in [0.25, 0.3) is 0 Å². The van der Waals surface area contributed by atoms with Crippen LogP contribution in [0.3, 0.4) is 0 Å². The van der Waals surface area contributed by atoms with Gasteiger partial charge in [0, 0.05) is 6.04 Å². The predicted octanol–water partition coefficient (Wildman–Crippen LogP) is 0.434. The standard InChI is InChI=1S/C13H23N3O3.ClH/c1-7(2)5-9(14)12(18)15-10-6-11(17)16(8(3)4)13(10)19;/h7-10H,5-6,14H2,1-4H3,(H,15,18);1H/t9-,10?;/m0./s1. The number of nitrogens with one attached hydrogen (secondary N) is 1. The van der Waals surface area contributed by atoms with Gasteiger partial charge < -0.3 is 11.1 Å². The number of hydrogen-bond donors (Lipinski definition) is 2. The van der Waals surface area contributed by atoms with E-state index in [1.165, 1.54) is 4.90 Å². The van der Waals surface area contributed by atoms with Crippen molar-refractivity contribution in [2.24, 2.45) is 11.7 Å². The maximum Gasteiger partial charge on any atom is 0.252 e. The SMILES string of the molecule is CC(C)C[C@H](N)C(=O)NC1CC(=O)N(C(C)C)C1=O.Cl. The van der Waals surface area contributed by atoms with E-state index in [0.29, 0.717) is 12.3 Å². The van der Waals surface area contributed by atoms with Gasteiger partial charge in [0.1, 0.15) is 6.04 Å². The molecule has 0 aromatic carbocycles. The van der Waals surface area contributed by atoms with Gasteiger partial charge >= 0.3 is 0 Å². The summed E-state index contributed by atoms with van der Waals surface area (Å²) in [6, 6.07) is -1.59. The molecule has 1 aliphatic heterocycles. The molecule has 2 atom stereocenters. The summed E-state index contributed by atoms with van der Waals surface area (Å²) in [5, 5.41) is 2.57. The van der Waals surface area contributed by atoms with Crippen LogP contribution in [0.15, 0.2) is 0 Å². The highest BCUT2D eigenvalue weighted by atomic mass is 35.5. The fourth-order valence-electron chi connectivity index (χ4n) is 2.20. The molecule has 3 N–H and O–H groups in total. The Hall–Kier alpha value is -1.14. The van der Waals surface area contributed by atoms with Crippen molar-refractivity contribution in [3.05, 3.63) is 0 Å². The van der Waals surface area contributed by atoms with E-state index in [-0.39, 0.29) is 42.6 Å². The molecule has 0 bridgehead atoms. The van der Waals surface area contributed by atoms with E-state index in [2.05, 4.69) is 5.32 Å². The van der Waals surface area contributed by atoms with Crippen LogP contribution in [0, 0.1) is 5.92 Å². The van der Waals surface area contributed by atoms with Gasteiger partial charge in [0.25, 0.3) is 5.91 Å². The maximum atomic E-state index is 12.0. The van der Waals surface area contributed by atoms with E-state index in [9.17, 15) is 14.4 Å². The maximum absolute atomic E-state index is 12.0. The van der Waals surface area contributed by atoms with Crippen molar-refractivity contribution in [3.8, 4) is 0 Å². The molecule has 0 aromatic rings. The van der Waals surface area contributed by atoms with Gasteiger partial charge in [-0.2, -0.15) is 0 Å². The Morgan fingerprint density at radius 2 is 1.90 bits per heavy atom. The van der Waals surface area contributed by atoms with Gasteiger partial charge in [0.2, 0.25) is 11.8 Å². The van der Waals surface area contributed by atoms with Gasteiger partial charge in [-0.25, -0.2) is 0 Å². The van der Waals surface area contributed by atoms with E-state index in [0.717, 1.165) is 0 Å². The van der Waals surface area contributed by atoms with Crippen LogP contribution in [-0.4, -0.2) is 40.7 Å². The van der Waals surface area contributed by atoms with E-state index in [4.69, 9.17) is 5.73 Å². The average molecular weight is 306 g/mol. The van der Waals surface area contributed by atoms with E-state index >= 15 is 0 Å². The van der Waals surface area contributed by atoms with Crippen LogP contribution in [0.2, 0.25) is 0 Å². The van der Waals surface area contributed by atoms with Crippen molar-refractivity contribution < 1.29 is 14.4 Å². The average Bonchev–Trinajstić information content (AvgIpc) is 2.52. The summed E-state index contributed by atoms with van der Waals surface area (Å²) in [4.78, 5) is 36.7. The minimum atomic E-state index is -0.763. The number of rotatable bonds is 5. The number of nitrogens with zero attached hydrogens (tertiary/aromatic N) is 1. The molecule has 0 radical (unpaired) electrons. The molecule has 20 heavy (non-hydrogen) atoms. The molecule has 1 unspecified atom stereocenters. The summed E-state index contributed by atoms with van der Waals surface area (Å²) in [5.41, 5.74) is 5.75. The second-order valence-electron chi connectivity index (χ2n) is 5.70. The number of carbonyl (C=O) groups is 3. The van der Waals surface area contributed by atoms with Crippen LogP contribution >= 0.6 is 12.4 Å². The summed E-state index contributed by atoms with van der Waals surface area (Å²) in [7, 11) is 0. The molecule has 1 heterocycles. The van der Waals surface area contributed by atoms with Gasteiger partial charge in [0.05, 0.1) is 12.5 Å². The molecule has 116 valence electrons. The van der Waals surface area contributed by atoms with Crippen molar-refractivity contribution in [1.82, 2.24) is 10.2 Å². The Bertz CT molecular complexity index is 385. The molecule has 1 fully saturated rings. The Kier molecular flexibility index (Phi) is 7.16. The number of amides is 3. The molecule has 1 rings (SSSR count). The fourth-order valence-corrected chi connectivity index (χ4v) is 2.20. The third-order valence-corrected chi connectivity index (χ3v) is 3.08. The first kappa shape index (κ1) is 18.9. The number of nitrogens with two attached hydrogens (primary N) is 1. The van der Waals surface area contributed by atoms with E-state index < -0.39 is 12.1 Å². The van der Waals surface area contributed by atoms with Crippen molar-refractivity contribution >= 4 is 30.1 Å². The van der Waals surface area contributed by atoms with Crippen LogP contribution in [-0.2, 0) is 14.4 Å². The molecule has 0 saturated carbocycles. The van der Waals surface area contributed by atoms with E-state index in [1.807, 2.05) is 13.8 Å². The lowest BCUT2D eigenvalue weighted by Gasteiger charge is -2.20. The van der Waals surface area contributed by atoms with Crippen molar-refractivity contribution in [2.75, 3.05) is 0 Å². The van der Waals surface area contributed by atoms with Gasteiger partial charge in [-0.15, -0.1) is 12.4 Å². The highest BCUT2D eigenvalue weighted by Crippen LogP contribution is 2.16. The largest absolute Gasteiger partial charge is 0.342 e. The highest BCUT2D eigenvalue weighted by Gasteiger charge is 2.41. The van der Waals surface area contributed by atoms with Gasteiger partial charge in [-0.3, -0.25) is 19.3 Å². The highest BCUT2D eigenvalue weighted by molar-refractivity contribution is 6.07. The van der Waals surface area contributed by atoms with Crippen molar-refractivity contribution in [1.29, 1.82) is 0 Å². The van der Waals surface area contributed by atoms with Crippen LogP contribution in [0.4, 0.5) is 0 Å². The number of imide groups is 1. The molecular formula is C13H24ClN3O3. The lowest BCUT2D eigenvalue weighted by molar-refractivity contribution is -0.141. The summed E-state index contributed by atoms with van der Waals surface area (Å²) in [6.45, 7) is 7.48. The summed E-state index contributed by atoms with van der Waals surface area (Å²) < 4.78 is 0. The van der Waals surface area contributed by atoms with Crippen molar-refractivity contribution in [2.45, 2.75) is 58.7 Å². The molecule has 7 heteroatoms. The fraction of sp³-hybridized carbons (Fsp3) is 0.769. The normalized spacial score (nSPS) is 20.4. The Morgan fingerprint density at radius 3 is 2.30 bits per heavy atom.